The Bertz CT molecular complexity index is 928. The lowest BCUT2D eigenvalue weighted by Gasteiger charge is -2.08. The quantitative estimate of drug-likeness (QED) is 0.666. The lowest BCUT2D eigenvalue weighted by Crippen LogP contribution is -2.15. The third kappa shape index (κ3) is 4.47. The topological polar surface area (TPSA) is 96.9 Å². The Kier molecular flexibility index (Phi) is 5.28. The molecule has 0 unspecified atom stereocenters. The molecule has 0 saturated carbocycles. The maximum Gasteiger partial charge on any atom is 0.274 e. The second-order valence-corrected chi connectivity index (χ2v) is 5.57. The highest BCUT2D eigenvalue weighted by molar-refractivity contribution is 6.04. The van der Waals surface area contributed by atoms with Crippen LogP contribution in [0.1, 0.15) is 33.3 Å². The van der Waals surface area contributed by atoms with Crippen LogP contribution in [0.2, 0.25) is 0 Å². The van der Waals surface area contributed by atoms with Gasteiger partial charge in [-0.3, -0.25) is 14.6 Å². The molecule has 3 rings (SSSR count). The molecular weight excluding hydrogens is 330 g/mol. The molecule has 3 aromatic rings. The van der Waals surface area contributed by atoms with Crippen LogP contribution in [0.25, 0.3) is 0 Å². The second kappa shape index (κ2) is 7.98. The highest BCUT2D eigenvalue weighted by Crippen LogP contribution is 2.13. The van der Waals surface area contributed by atoms with E-state index in [4.69, 9.17) is 0 Å². The number of hydrogen-bond donors (Lipinski definition) is 2. The first-order valence-corrected chi connectivity index (χ1v) is 8.00. The van der Waals surface area contributed by atoms with Gasteiger partial charge in [0, 0.05) is 36.4 Å². The first-order valence-electron chi connectivity index (χ1n) is 8.00. The zero-order valence-corrected chi connectivity index (χ0v) is 14.1. The van der Waals surface area contributed by atoms with E-state index in [1.807, 2.05) is 12.1 Å². The van der Waals surface area contributed by atoms with E-state index in [0.717, 1.165) is 5.56 Å². The van der Waals surface area contributed by atoms with Gasteiger partial charge in [-0.25, -0.2) is 9.97 Å². The first kappa shape index (κ1) is 17.2. The number of rotatable bonds is 6. The number of hydrogen-bond acceptors (Lipinski definition) is 6. The molecule has 0 aliphatic rings. The molecule has 2 heterocycles. The van der Waals surface area contributed by atoms with Crippen LogP contribution in [-0.2, 0) is 6.54 Å². The first-order chi connectivity index (χ1) is 12.6. The van der Waals surface area contributed by atoms with Gasteiger partial charge in [-0.1, -0.05) is 12.1 Å². The number of anilines is 2. The van der Waals surface area contributed by atoms with Crippen LogP contribution in [0.3, 0.4) is 0 Å². The van der Waals surface area contributed by atoms with Crippen LogP contribution >= 0.6 is 0 Å². The highest BCUT2D eigenvalue weighted by Gasteiger charge is 2.10. The minimum absolute atomic E-state index is 0.0641. The average molecular weight is 347 g/mol. The molecule has 2 aromatic heterocycles. The van der Waals surface area contributed by atoms with Gasteiger partial charge in [0.2, 0.25) is 5.95 Å². The summed E-state index contributed by atoms with van der Waals surface area (Å²) in [4.78, 5) is 36.1. The molecule has 0 atom stereocenters. The van der Waals surface area contributed by atoms with E-state index in [1.165, 1.54) is 19.2 Å². The van der Waals surface area contributed by atoms with Crippen LogP contribution in [-0.4, -0.2) is 26.6 Å². The number of nitrogens with zero attached hydrogens (tertiary/aromatic N) is 3. The van der Waals surface area contributed by atoms with E-state index >= 15 is 0 Å². The van der Waals surface area contributed by atoms with Crippen LogP contribution in [0.5, 0.6) is 0 Å². The fraction of sp³-hybridized carbons (Fsp3) is 0.105. The Balaban J connectivity index is 1.68. The molecule has 0 aliphatic carbocycles. The molecule has 26 heavy (non-hydrogen) atoms. The largest absolute Gasteiger partial charge is 0.350 e. The Morgan fingerprint density at radius 3 is 2.62 bits per heavy atom. The van der Waals surface area contributed by atoms with Crippen molar-refractivity contribution in [1.82, 2.24) is 15.0 Å². The molecule has 0 fully saturated rings. The van der Waals surface area contributed by atoms with Gasteiger partial charge in [-0.05, 0) is 42.8 Å². The average Bonchev–Trinajstić information content (AvgIpc) is 2.67. The van der Waals surface area contributed by atoms with Gasteiger partial charge in [0.25, 0.3) is 5.91 Å². The number of ketones is 1. The van der Waals surface area contributed by atoms with E-state index in [1.54, 1.807) is 36.7 Å². The van der Waals surface area contributed by atoms with E-state index in [0.29, 0.717) is 23.7 Å². The van der Waals surface area contributed by atoms with Crippen LogP contribution in [0, 0.1) is 0 Å². The Labute approximate surface area is 150 Å². The van der Waals surface area contributed by atoms with Gasteiger partial charge < -0.3 is 10.6 Å². The molecule has 7 nitrogen and oxygen atoms in total. The fourth-order valence-electron chi connectivity index (χ4n) is 2.26. The smallest absolute Gasteiger partial charge is 0.274 e. The predicted octanol–water partition coefficient (Wildman–Crippen LogP) is 2.94. The Hall–Kier alpha value is -3.61. The van der Waals surface area contributed by atoms with Crippen molar-refractivity contribution in [2.75, 3.05) is 10.6 Å². The number of amides is 1. The van der Waals surface area contributed by atoms with Crippen molar-refractivity contribution < 1.29 is 9.59 Å². The maximum atomic E-state index is 12.4. The summed E-state index contributed by atoms with van der Waals surface area (Å²) in [6.07, 6.45) is 4.93. The molecule has 0 radical (unpaired) electrons. The number of aromatic nitrogens is 3. The number of carbonyl (C=O) groups excluding carboxylic acids is 2. The molecule has 2 N–H and O–H groups in total. The minimum Gasteiger partial charge on any atom is -0.350 e. The van der Waals surface area contributed by atoms with Crippen molar-refractivity contribution in [3.63, 3.8) is 0 Å². The molecule has 1 amide bonds. The number of Topliss-reactive ketones (excluding diaryl/α,β-unsaturated/α-hetero) is 1. The molecule has 0 saturated heterocycles. The zero-order valence-electron chi connectivity index (χ0n) is 14.1. The summed E-state index contributed by atoms with van der Waals surface area (Å²) >= 11 is 0. The second-order valence-electron chi connectivity index (χ2n) is 5.57. The molecule has 7 heteroatoms. The van der Waals surface area contributed by atoms with E-state index in [-0.39, 0.29) is 17.4 Å². The normalized spacial score (nSPS) is 10.2. The summed E-state index contributed by atoms with van der Waals surface area (Å²) in [6, 6.07) is 12.1. The SMILES string of the molecule is CC(=O)c1cccc(NC(=O)c2ccnc(NCc3ccncc3)n2)c1. The zero-order chi connectivity index (χ0) is 18.4. The van der Waals surface area contributed by atoms with Crippen molar-refractivity contribution in [2.24, 2.45) is 0 Å². The summed E-state index contributed by atoms with van der Waals surface area (Å²) in [6.45, 7) is 2.00. The van der Waals surface area contributed by atoms with Crippen molar-refractivity contribution in [3.8, 4) is 0 Å². The maximum absolute atomic E-state index is 12.4. The van der Waals surface area contributed by atoms with Crippen LogP contribution in [0.15, 0.2) is 61.1 Å². The number of carbonyl (C=O) groups is 2. The third-order valence-electron chi connectivity index (χ3n) is 3.62. The van der Waals surface area contributed by atoms with Gasteiger partial charge in [0.1, 0.15) is 5.69 Å². The standard InChI is InChI=1S/C19H17N5O2/c1-13(25)15-3-2-4-16(11-15)23-18(26)17-7-10-21-19(24-17)22-12-14-5-8-20-9-6-14/h2-11H,12H2,1H3,(H,23,26)(H,21,22,24). The van der Waals surface area contributed by atoms with Crippen molar-refractivity contribution >= 4 is 23.3 Å². The third-order valence-corrected chi connectivity index (χ3v) is 3.62. The Morgan fingerprint density at radius 2 is 1.85 bits per heavy atom. The van der Waals surface area contributed by atoms with Crippen molar-refractivity contribution in [2.45, 2.75) is 13.5 Å². The van der Waals surface area contributed by atoms with E-state index < -0.39 is 0 Å². The molecule has 1 aromatic carbocycles. The van der Waals surface area contributed by atoms with E-state index in [2.05, 4.69) is 25.6 Å². The predicted molar refractivity (Wildman–Crippen MR) is 98.0 cm³/mol. The lowest BCUT2D eigenvalue weighted by molar-refractivity contribution is 0.100. The van der Waals surface area contributed by atoms with Gasteiger partial charge >= 0.3 is 0 Å². The van der Waals surface area contributed by atoms with Crippen molar-refractivity contribution in [1.29, 1.82) is 0 Å². The minimum atomic E-state index is -0.375. The summed E-state index contributed by atoms with van der Waals surface area (Å²) in [5.74, 6) is -0.0854. The lowest BCUT2D eigenvalue weighted by atomic mass is 10.1. The summed E-state index contributed by atoms with van der Waals surface area (Å²) in [5.41, 5.74) is 2.32. The van der Waals surface area contributed by atoms with Crippen molar-refractivity contribution in [3.05, 3.63) is 77.9 Å². The van der Waals surface area contributed by atoms with E-state index in [9.17, 15) is 9.59 Å². The number of pyridine rings is 1. The van der Waals surface area contributed by atoms with Crippen LogP contribution < -0.4 is 10.6 Å². The van der Waals surface area contributed by atoms with Crippen LogP contribution in [0.4, 0.5) is 11.6 Å². The number of benzene rings is 1. The molecular formula is C19H17N5O2. The summed E-state index contributed by atoms with van der Waals surface area (Å²) in [7, 11) is 0. The monoisotopic (exact) mass is 347 g/mol. The molecule has 0 spiro atoms. The van der Waals surface area contributed by atoms with Gasteiger partial charge in [-0.2, -0.15) is 0 Å². The van der Waals surface area contributed by atoms with Gasteiger partial charge in [-0.15, -0.1) is 0 Å². The summed E-state index contributed by atoms with van der Waals surface area (Å²) in [5, 5.41) is 5.81. The Morgan fingerprint density at radius 1 is 1.04 bits per heavy atom. The van der Waals surface area contributed by atoms with Gasteiger partial charge in [0.15, 0.2) is 5.78 Å². The van der Waals surface area contributed by atoms with Gasteiger partial charge in [0.05, 0.1) is 0 Å². The number of nitrogens with one attached hydrogen (secondary N) is 2. The molecule has 0 bridgehead atoms. The fourth-order valence-corrected chi connectivity index (χ4v) is 2.26. The highest BCUT2D eigenvalue weighted by atomic mass is 16.2. The molecule has 130 valence electrons. The summed E-state index contributed by atoms with van der Waals surface area (Å²) < 4.78 is 0. The molecule has 0 aliphatic heterocycles.